The van der Waals surface area contributed by atoms with Gasteiger partial charge < -0.3 is 10.4 Å². The number of amides is 1. The number of benzene rings is 1. The van der Waals surface area contributed by atoms with Crippen LogP contribution in [0.4, 0.5) is 0 Å². The van der Waals surface area contributed by atoms with E-state index < -0.39 is 11.5 Å². The van der Waals surface area contributed by atoms with Crippen LogP contribution in [0.2, 0.25) is 0 Å². The maximum Gasteiger partial charge on any atom is 0.305 e. The molecule has 1 saturated carbocycles. The Morgan fingerprint density at radius 3 is 2.68 bits per heavy atom. The second kappa shape index (κ2) is 6.89. The van der Waals surface area contributed by atoms with Gasteiger partial charge in [-0.3, -0.25) is 9.59 Å². The Kier molecular flexibility index (Phi) is 4.53. The van der Waals surface area contributed by atoms with Crippen LogP contribution in [0.15, 0.2) is 24.3 Å². The van der Waals surface area contributed by atoms with Crippen LogP contribution in [0, 0.1) is 13.8 Å². The van der Waals surface area contributed by atoms with Crippen LogP contribution in [-0.2, 0) is 16.0 Å². The summed E-state index contributed by atoms with van der Waals surface area (Å²) in [7, 11) is 0. The first-order valence-electron chi connectivity index (χ1n) is 9.65. The van der Waals surface area contributed by atoms with E-state index in [0.29, 0.717) is 12.8 Å². The maximum atomic E-state index is 12.5. The quantitative estimate of drug-likeness (QED) is 0.685. The highest BCUT2D eigenvalue weighted by Gasteiger charge is 2.40. The fraction of sp³-hybridized carbons (Fsp3) is 0.429. The van der Waals surface area contributed by atoms with Gasteiger partial charge in [-0.2, -0.15) is 5.10 Å². The van der Waals surface area contributed by atoms with Crippen molar-refractivity contribution in [2.75, 3.05) is 0 Å². The first-order valence-corrected chi connectivity index (χ1v) is 9.65. The van der Waals surface area contributed by atoms with Crippen molar-refractivity contribution in [1.29, 1.82) is 0 Å². The molecule has 0 aliphatic heterocycles. The van der Waals surface area contributed by atoms with Gasteiger partial charge in [0.05, 0.1) is 17.5 Å². The molecule has 0 radical (unpaired) electrons. The first-order chi connectivity index (χ1) is 13.4. The highest BCUT2D eigenvalue weighted by atomic mass is 16.4. The zero-order valence-electron chi connectivity index (χ0n) is 16.2. The molecular weight excluding hydrogens is 356 g/mol. The van der Waals surface area contributed by atoms with E-state index in [4.69, 9.17) is 10.1 Å². The largest absolute Gasteiger partial charge is 0.481 e. The lowest BCUT2D eigenvalue weighted by Gasteiger charge is -2.41. The van der Waals surface area contributed by atoms with Crippen LogP contribution < -0.4 is 5.32 Å². The van der Waals surface area contributed by atoms with Crippen molar-refractivity contribution < 1.29 is 14.7 Å². The third-order valence-corrected chi connectivity index (χ3v) is 5.83. The zero-order chi connectivity index (χ0) is 19.9. The van der Waals surface area contributed by atoms with E-state index in [1.165, 1.54) is 0 Å². The smallest absolute Gasteiger partial charge is 0.305 e. The minimum Gasteiger partial charge on any atom is -0.481 e. The molecule has 1 amide bonds. The van der Waals surface area contributed by atoms with Crippen LogP contribution >= 0.6 is 0 Å². The summed E-state index contributed by atoms with van der Waals surface area (Å²) in [5, 5.41) is 17.7. The van der Waals surface area contributed by atoms with E-state index in [2.05, 4.69) is 10.4 Å². The topological polar surface area (TPSA) is 96.6 Å². The number of carbonyl (C=O) groups excluding carboxylic acids is 1. The summed E-state index contributed by atoms with van der Waals surface area (Å²) >= 11 is 0. The molecule has 2 aromatic heterocycles. The molecule has 0 atom stereocenters. The lowest BCUT2D eigenvalue weighted by Crippen LogP contribution is -2.54. The molecule has 0 spiro atoms. The molecule has 2 N–H and O–H groups in total. The number of carboxylic acid groups (broad SMARTS) is 1. The van der Waals surface area contributed by atoms with Crippen molar-refractivity contribution in [2.45, 2.75) is 57.9 Å². The number of nitrogens with one attached hydrogen (secondary N) is 1. The molecule has 28 heavy (non-hydrogen) atoms. The third kappa shape index (κ3) is 3.21. The molecule has 1 aliphatic carbocycles. The summed E-state index contributed by atoms with van der Waals surface area (Å²) in [6.07, 6.45) is 3.26. The molecule has 0 bridgehead atoms. The normalized spacial score (nSPS) is 15.5. The van der Waals surface area contributed by atoms with Gasteiger partial charge in [0.1, 0.15) is 0 Å². The predicted molar refractivity (Wildman–Crippen MR) is 105 cm³/mol. The summed E-state index contributed by atoms with van der Waals surface area (Å²) in [6.45, 7) is 3.96. The summed E-state index contributed by atoms with van der Waals surface area (Å²) < 4.78 is 1.85. The number of carbonyl (C=O) groups is 2. The number of fused-ring (bicyclic) bond motifs is 3. The molecule has 0 unspecified atom stereocenters. The number of hydrogen-bond acceptors (Lipinski definition) is 4. The van der Waals surface area contributed by atoms with Gasteiger partial charge in [-0.1, -0.05) is 12.1 Å². The molecule has 3 aromatic rings. The van der Waals surface area contributed by atoms with E-state index in [9.17, 15) is 9.59 Å². The lowest BCUT2D eigenvalue weighted by molar-refractivity contribution is -0.140. The molecule has 1 aliphatic rings. The number of aromatic nitrogens is 3. The van der Waals surface area contributed by atoms with Crippen LogP contribution in [0.5, 0.6) is 0 Å². The standard InChI is InChI=1S/C21H24N4O3/c1-13-15(8-9-18(26)23-21(10-5-11-21)12-19(27)28)14(2)25-20(22-13)16-6-3-4-7-17(16)24-25/h3-4,6-7H,5,8-12H2,1-2H3,(H,23,26)(H,27,28). The summed E-state index contributed by atoms with van der Waals surface area (Å²) in [6, 6.07) is 7.90. The Morgan fingerprint density at radius 1 is 1.25 bits per heavy atom. The lowest BCUT2D eigenvalue weighted by atomic mass is 9.74. The predicted octanol–water partition coefficient (Wildman–Crippen LogP) is 2.95. The van der Waals surface area contributed by atoms with Crippen LogP contribution in [0.25, 0.3) is 16.6 Å². The third-order valence-electron chi connectivity index (χ3n) is 5.83. The Labute approximate surface area is 162 Å². The van der Waals surface area contributed by atoms with Crippen LogP contribution in [-0.4, -0.2) is 37.1 Å². The maximum absolute atomic E-state index is 12.5. The van der Waals surface area contributed by atoms with Crippen molar-refractivity contribution in [3.8, 4) is 0 Å². The minimum absolute atomic E-state index is 0.00974. The molecule has 146 valence electrons. The Balaban J connectivity index is 1.54. The van der Waals surface area contributed by atoms with E-state index in [0.717, 1.165) is 52.8 Å². The van der Waals surface area contributed by atoms with Gasteiger partial charge in [-0.05, 0) is 57.2 Å². The van der Waals surface area contributed by atoms with E-state index in [1.54, 1.807) is 0 Å². The second-order valence-electron chi connectivity index (χ2n) is 7.77. The fourth-order valence-corrected chi connectivity index (χ4v) is 4.17. The number of aryl methyl sites for hydroxylation is 2. The van der Waals surface area contributed by atoms with Crippen LogP contribution in [0.1, 0.15) is 49.1 Å². The molecule has 4 rings (SSSR count). The average molecular weight is 380 g/mol. The number of hydrogen-bond donors (Lipinski definition) is 2. The number of aliphatic carboxylic acids is 1. The van der Waals surface area contributed by atoms with E-state index in [1.807, 2.05) is 42.6 Å². The summed E-state index contributed by atoms with van der Waals surface area (Å²) in [4.78, 5) is 28.3. The van der Waals surface area contributed by atoms with Gasteiger partial charge in [0.2, 0.25) is 5.91 Å². The SMILES string of the molecule is Cc1nc2c3ccccc3nn2c(C)c1CCC(=O)NC1(CC(=O)O)CCC1. The Bertz CT molecular complexity index is 1080. The summed E-state index contributed by atoms with van der Waals surface area (Å²) in [5.74, 6) is -0.974. The Hall–Kier alpha value is -2.96. The monoisotopic (exact) mass is 380 g/mol. The molecule has 7 nitrogen and oxygen atoms in total. The van der Waals surface area contributed by atoms with E-state index in [-0.39, 0.29) is 12.3 Å². The van der Waals surface area contributed by atoms with Gasteiger partial charge in [0, 0.05) is 23.2 Å². The van der Waals surface area contributed by atoms with Gasteiger partial charge in [0.15, 0.2) is 5.65 Å². The van der Waals surface area contributed by atoms with Crippen molar-refractivity contribution >= 4 is 28.4 Å². The van der Waals surface area contributed by atoms with Crippen molar-refractivity contribution in [2.24, 2.45) is 0 Å². The molecule has 1 fully saturated rings. The first kappa shape index (κ1) is 18.4. The molecule has 2 heterocycles. The van der Waals surface area contributed by atoms with Gasteiger partial charge in [0.25, 0.3) is 0 Å². The zero-order valence-corrected chi connectivity index (χ0v) is 16.2. The van der Waals surface area contributed by atoms with E-state index >= 15 is 0 Å². The van der Waals surface area contributed by atoms with Crippen molar-refractivity contribution in [3.05, 3.63) is 41.2 Å². The van der Waals surface area contributed by atoms with Crippen molar-refractivity contribution in [3.63, 3.8) is 0 Å². The summed E-state index contributed by atoms with van der Waals surface area (Å²) in [5.41, 5.74) is 4.05. The van der Waals surface area contributed by atoms with Crippen LogP contribution in [0.3, 0.4) is 0 Å². The highest BCUT2D eigenvalue weighted by Crippen LogP contribution is 2.35. The second-order valence-corrected chi connectivity index (χ2v) is 7.77. The number of nitrogens with zero attached hydrogens (tertiary/aromatic N) is 3. The number of carboxylic acids is 1. The fourth-order valence-electron chi connectivity index (χ4n) is 4.17. The molecule has 0 saturated heterocycles. The van der Waals surface area contributed by atoms with Crippen molar-refractivity contribution in [1.82, 2.24) is 19.9 Å². The Morgan fingerprint density at radius 2 is 2.00 bits per heavy atom. The average Bonchev–Trinajstić information content (AvgIpc) is 2.98. The molecule has 7 heteroatoms. The van der Waals surface area contributed by atoms with Gasteiger partial charge in [-0.25, -0.2) is 9.50 Å². The van der Waals surface area contributed by atoms with Gasteiger partial charge >= 0.3 is 5.97 Å². The highest BCUT2D eigenvalue weighted by molar-refractivity contribution is 5.92. The minimum atomic E-state index is -0.868. The molecule has 1 aromatic carbocycles. The van der Waals surface area contributed by atoms with Gasteiger partial charge in [-0.15, -0.1) is 0 Å². The number of rotatable bonds is 6. The molecular formula is C21H24N4O3.